The highest BCUT2D eigenvalue weighted by atomic mass is 16.5. The number of anilines is 1. The number of piperazine rings is 1. The molecule has 5 rings (SSSR count). The highest BCUT2D eigenvalue weighted by Crippen LogP contribution is 2.36. The van der Waals surface area contributed by atoms with Gasteiger partial charge in [0.05, 0.1) is 32.0 Å². The van der Waals surface area contributed by atoms with Crippen molar-refractivity contribution in [3.63, 3.8) is 0 Å². The number of nitrogens with zero attached hydrogens (tertiary/aromatic N) is 2. The number of fused-ring (bicyclic) bond motifs is 2. The topological polar surface area (TPSA) is 100 Å². The third kappa shape index (κ3) is 4.32. The first-order chi connectivity index (χ1) is 17.0. The Kier molecular flexibility index (Phi) is 6.34. The number of ether oxygens (including phenoxy) is 2. The van der Waals surface area contributed by atoms with E-state index in [1.807, 2.05) is 18.2 Å². The summed E-state index contributed by atoms with van der Waals surface area (Å²) >= 11 is 0. The molecule has 3 heterocycles. The predicted molar refractivity (Wildman–Crippen MR) is 131 cm³/mol. The average molecular weight is 479 g/mol. The van der Waals surface area contributed by atoms with E-state index in [4.69, 9.17) is 9.47 Å². The second-order valence-electron chi connectivity index (χ2n) is 9.14. The normalized spacial score (nSPS) is 20.5. The summed E-state index contributed by atoms with van der Waals surface area (Å²) in [4.78, 5) is 43.2. The van der Waals surface area contributed by atoms with Gasteiger partial charge < -0.3 is 29.9 Å². The average Bonchev–Trinajstić information content (AvgIpc) is 3.01. The summed E-state index contributed by atoms with van der Waals surface area (Å²) in [6, 6.07) is 10.2. The molecule has 2 aromatic rings. The number of methoxy groups -OCH3 is 2. The zero-order chi connectivity index (χ0) is 24.5. The van der Waals surface area contributed by atoms with Crippen molar-refractivity contribution in [3.8, 4) is 22.6 Å². The summed E-state index contributed by atoms with van der Waals surface area (Å²) in [5.74, 6) is 0.871. The molecule has 35 heavy (non-hydrogen) atoms. The summed E-state index contributed by atoms with van der Waals surface area (Å²) in [6.45, 7) is 2.63. The van der Waals surface area contributed by atoms with Crippen molar-refractivity contribution in [1.29, 1.82) is 0 Å². The maximum Gasteiger partial charge on any atom is 0.256 e. The summed E-state index contributed by atoms with van der Waals surface area (Å²) in [5.41, 5.74) is 2.51. The molecular formula is C26H30N4O5. The SMILES string of the molecule is COc1ccc(-c2ccc3c(c2)C(=O)N2CCN(C(=O)C4CCNCC4)CC2C(=O)N3)c(OC)c1. The van der Waals surface area contributed by atoms with E-state index in [-0.39, 0.29) is 30.2 Å². The van der Waals surface area contributed by atoms with Gasteiger partial charge in [-0.05, 0) is 55.8 Å². The van der Waals surface area contributed by atoms with Gasteiger partial charge in [0.2, 0.25) is 11.8 Å². The minimum atomic E-state index is -0.715. The number of benzene rings is 2. The van der Waals surface area contributed by atoms with Crippen LogP contribution in [-0.2, 0) is 9.59 Å². The molecule has 3 amide bonds. The van der Waals surface area contributed by atoms with E-state index < -0.39 is 6.04 Å². The van der Waals surface area contributed by atoms with E-state index in [0.717, 1.165) is 37.1 Å². The molecule has 9 nitrogen and oxygen atoms in total. The fourth-order valence-electron chi connectivity index (χ4n) is 5.18. The smallest absolute Gasteiger partial charge is 0.256 e. The lowest BCUT2D eigenvalue weighted by molar-refractivity contribution is -0.140. The van der Waals surface area contributed by atoms with Crippen LogP contribution in [0.5, 0.6) is 11.5 Å². The molecule has 0 aliphatic carbocycles. The van der Waals surface area contributed by atoms with Crippen LogP contribution >= 0.6 is 0 Å². The van der Waals surface area contributed by atoms with Gasteiger partial charge in [-0.1, -0.05) is 6.07 Å². The van der Waals surface area contributed by atoms with E-state index in [9.17, 15) is 14.4 Å². The third-order valence-corrected chi connectivity index (χ3v) is 7.17. The quantitative estimate of drug-likeness (QED) is 0.697. The van der Waals surface area contributed by atoms with Crippen LogP contribution in [0.15, 0.2) is 36.4 Å². The Morgan fingerprint density at radius 3 is 2.51 bits per heavy atom. The van der Waals surface area contributed by atoms with E-state index in [1.54, 1.807) is 42.2 Å². The van der Waals surface area contributed by atoms with Gasteiger partial charge in [-0.25, -0.2) is 0 Å². The molecule has 9 heteroatoms. The predicted octanol–water partition coefficient (Wildman–Crippen LogP) is 1.98. The van der Waals surface area contributed by atoms with E-state index in [0.29, 0.717) is 35.8 Å². The van der Waals surface area contributed by atoms with E-state index in [1.165, 1.54) is 0 Å². The number of nitrogens with one attached hydrogen (secondary N) is 2. The van der Waals surface area contributed by atoms with Gasteiger partial charge in [0.1, 0.15) is 17.5 Å². The van der Waals surface area contributed by atoms with Crippen molar-refractivity contribution in [2.24, 2.45) is 5.92 Å². The summed E-state index contributed by atoms with van der Waals surface area (Å²) in [5, 5.41) is 6.19. The Hall–Kier alpha value is -3.59. The van der Waals surface area contributed by atoms with Crippen molar-refractivity contribution in [2.45, 2.75) is 18.9 Å². The van der Waals surface area contributed by atoms with Crippen LogP contribution in [0.1, 0.15) is 23.2 Å². The Balaban J connectivity index is 1.41. The number of hydrogen-bond donors (Lipinski definition) is 2. The van der Waals surface area contributed by atoms with Crippen LogP contribution in [0.3, 0.4) is 0 Å². The van der Waals surface area contributed by atoms with Gasteiger partial charge >= 0.3 is 0 Å². The third-order valence-electron chi connectivity index (χ3n) is 7.17. The maximum atomic E-state index is 13.6. The highest BCUT2D eigenvalue weighted by Gasteiger charge is 2.41. The molecule has 0 spiro atoms. The molecule has 2 N–H and O–H groups in total. The first-order valence-corrected chi connectivity index (χ1v) is 12.0. The van der Waals surface area contributed by atoms with Crippen LogP contribution in [0, 0.1) is 5.92 Å². The van der Waals surface area contributed by atoms with Gasteiger partial charge in [-0.2, -0.15) is 0 Å². The Labute approximate surface area is 204 Å². The van der Waals surface area contributed by atoms with Crippen molar-refractivity contribution < 1.29 is 23.9 Å². The minimum Gasteiger partial charge on any atom is -0.497 e. The zero-order valence-electron chi connectivity index (χ0n) is 20.0. The number of carbonyl (C=O) groups excluding carboxylic acids is 3. The van der Waals surface area contributed by atoms with Gasteiger partial charge in [-0.3, -0.25) is 14.4 Å². The molecule has 1 atom stereocenters. The summed E-state index contributed by atoms with van der Waals surface area (Å²) in [6.07, 6.45) is 1.61. The van der Waals surface area contributed by atoms with Crippen molar-refractivity contribution >= 4 is 23.4 Å². The number of rotatable bonds is 4. The molecule has 0 radical (unpaired) electrons. The first kappa shape index (κ1) is 23.2. The van der Waals surface area contributed by atoms with Gasteiger partial charge in [0, 0.05) is 30.6 Å². The molecule has 3 aliphatic heterocycles. The van der Waals surface area contributed by atoms with Crippen molar-refractivity contribution in [1.82, 2.24) is 15.1 Å². The molecule has 184 valence electrons. The Bertz CT molecular complexity index is 1160. The molecule has 2 aromatic carbocycles. The molecule has 2 saturated heterocycles. The van der Waals surface area contributed by atoms with Crippen LogP contribution in [0.2, 0.25) is 0 Å². The first-order valence-electron chi connectivity index (χ1n) is 12.0. The number of carbonyl (C=O) groups is 3. The lowest BCUT2D eigenvalue weighted by atomic mass is 9.95. The van der Waals surface area contributed by atoms with Crippen LogP contribution in [0.25, 0.3) is 11.1 Å². The Morgan fingerprint density at radius 2 is 1.77 bits per heavy atom. The van der Waals surface area contributed by atoms with Gasteiger partial charge in [0.15, 0.2) is 0 Å². The molecule has 0 bridgehead atoms. The molecule has 2 fully saturated rings. The molecule has 3 aliphatic rings. The number of amides is 3. The van der Waals surface area contributed by atoms with Crippen LogP contribution in [0.4, 0.5) is 5.69 Å². The van der Waals surface area contributed by atoms with E-state index in [2.05, 4.69) is 10.6 Å². The largest absolute Gasteiger partial charge is 0.497 e. The Morgan fingerprint density at radius 1 is 0.971 bits per heavy atom. The summed E-state index contributed by atoms with van der Waals surface area (Å²) in [7, 11) is 3.18. The molecule has 0 aromatic heterocycles. The fourth-order valence-corrected chi connectivity index (χ4v) is 5.18. The van der Waals surface area contributed by atoms with E-state index >= 15 is 0 Å². The standard InChI is InChI=1S/C26H30N4O5/c1-34-18-4-5-19(23(14-18)35-2)17-3-6-21-20(13-17)26(33)30-12-11-29(15-22(30)24(31)28-21)25(32)16-7-9-27-10-8-16/h3-6,13-14,16,22,27H,7-12,15H2,1-2H3,(H,28,31). The number of hydrogen-bond acceptors (Lipinski definition) is 6. The fraction of sp³-hybridized carbons (Fsp3) is 0.423. The van der Waals surface area contributed by atoms with Crippen molar-refractivity contribution in [3.05, 3.63) is 42.0 Å². The van der Waals surface area contributed by atoms with Crippen LogP contribution < -0.4 is 20.1 Å². The van der Waals surface area contributed by atoms with Gasteiger partial charge in [-0.15, -0.1) is 0 Å². The zero-order valence-corrected chi connectivity index (χ0v) is 20.0. The second kappa shape index (κ2) is 9.58. The minimum absolute atomic E-state index is 0.0217. The lowest BCUT2D eigenvalue weighted by Gasteiger charge is -2.41. The number of piperidine rings is 1. The lowest BCUT2D eigenvalue weighted by Crippen LogP contribution is -2.60. The van der Waals surface area contributed by atoms with Crippen molar-refractivity contribution in [2.75, 3.05) is 52.3 Å². The molecular weight excluding hydrogens is 448 g/mol. The maximum absolute atomic E-state index is 13.6. The molecule has 0 saturated carbocycles. The highest BCUT2D eigenvalue weighted by molar-refractivity contribution is 6.11. The summed E-state index contributed by atoms with van der Waals surface area (Å²) < 4.78 is 10.8. The molecule has 1 unspecified atom stereocenters. The van der Waals surface area contributed by atoms with Gasteiger partial charge in [0.25, 0.3) is 5.91 Å². The monoisotopic (exact) mass is 478 g/mol. The van der Waals surface area contributed by atoms with Crippen LogP contribution in [-0.4, -0.2) is 80.5 Å². The second-order valence-corrected chi connectivity index (χ2v) is 9.14.